The van der Waals surface area contributed by atoms with Gasteiger partial charge in [-0.25, -0.2) is 0 Å². The molecule has 18 heteroatoms. The number of alkyl halides is 1. The van der Waals surface area contributed by atoms with E-state index in [1.54, 1.807) is 34.6 Å². The van der Waals surface area contributed by atoms with E-state index in [1.807, 2.05) is 21.1 Å². The van der Waals surface area contributed by atoms with Crippen LogP contribution in [0, 0.1) is 21.7 Å². The van der Waals surface area contributed by atoms with Crippen LogP contribution >= 0.6 is 19.2 Å². The lowest BCUT2D eigenvalue weighted by Crippen LogP contribution is -2.46. The smallest absolute Gasteiger partial charge is 0.328 e. The Morgan fingerprint density at radius 1 is 0.685 bits per heavy atom. The Morgan fingerprint density at radius 3 is 1.69 bits per heavy atom. The highest BCUT2D eigenvalue weighted by molar-refractivity contribution is 7.52. The molecule has 0 rings (SSSR count). The van der Waals surface area contributed by atoms with E-state index >= 15 is 0 Å². The summed E-state index contributed by atoms with van der Waals surface area (Å²) in [5.41, 5.74) is -5.30. The van der Waals surface area contributed by atoms with Gasteiger partial charge in [-0.3, -0.25) is 28.5 Å². The molecule has 0 aromatic carbocycles. The van der Waals surface area contributed by atoms with Crippen LogP contribution in [0.1, 0.15) is 81.1 Å². The van der Waals surface area contributed by atoms with E-state index in [4.69, 9.17) is 44.5 Å². The number of esters is 5. The van der Waals surface area contributed by atoms with Gasteiger partial charge in [0.05, 0.1) is 82.4 Å². The van der Waals surface area contributed by atoms with Crippen LogP contribution in [0.5, 0.6) is 0 Å². The Bertz CT molecular complexity index is 1300. The number of hydrogen-bond donors (Lipinski definition) is 2. The summed E-state index contributed by atoms with van der Waals surface area (Å²) in [4.78, 5) is 73.6. The third-order valence-electron chi connectivity index (χ3n) is 8.47. The first-order chi connectivity index (χ1) is 24.5. The van der Waals surface area contributed by atoms with Gasteiger partial charge in [-0.05, 0) is 74.7 Å². The molecule has 0 fully saturated rings. The average molecular weight is 819 g/mol. The molecule has 316 valence electrons. The van der Waals surface area contributed by atoms with Gasteiger partial charge in [0.25, 0.3) is 0 Å². The maximum Gasteiger partial charge on any atom is 0.328 e. The number of halogens is 1. The largest absolute Gasteiger partial charge is 0.469 e. The predicted octanol–water partition coefficient (Wildman–Crippen LogP) is 3.89. The van der Waals surface area contributed by atoms with Crippen LogP contribution < -0.4 is 0 Å². The zero-order valence-corrected chi connectivity index (χ0v) is 36.0. The SMILES string of the molecule is CCOCC(C)(CC(C)(CC(C)(C)C(=O)OC)C(=O)OCCO)C(=O)OCCOC(=O)C(C)(C)CC(C)(Cl)C(=O)OCCOP(=O)(O)CCC[N+](C)(C)C. The van der Waals surface area contributed by atoms with Crippen molar-refractivity contribution in [1.82, 2.24) is 0 Å². The van der Waals surface area contributed by atoms with E-state index in [9.17, 15) is 38.5 Å². The van der Waals surface area contributed by atoms with E-state index in [1.165, 1.54) is 27.9 Å². The number of ether oxygens (including phenoxy) is 6. The van der Waals surface area contributed by atoms with Crippen LogP contribution in [0.25, 0.3) is 0 Å². The van der Waals surface area contributed by atoms with Gasteiger partial charge in [0.15, 0.2) is 0 Å². The van der Waals surface area contributed by atoms with Crippen molar-refractivity contribution in [2.45, 2.75) is 85.9 Å². The Balaban J connectivity index is 5.42. The monoisotopic (exact) mass is 818 g/mol. The van der Waals surface area contributed by atoms with E-state index in [0.29, 0.717) is 17.4 Å². The van der Waals surface area contributed by atoms with Crippen molar-refractivity contribution in [2.75, 3.05) is 93.8 Å². The molecule has 2 N–H and O–H groups in total. The number of nitrogens with zero attached hydrogens (tertiary/aromatic N) is 1. The number of aliphatic hydroxyl groups excluding tert-OH is 1. The highest BCUT2D eigenvalue weighted by atomic mass is 35.5. The van der Waals surface area contributed by atoms with Crippen molar-refractivity contribution in [3.8, 4) is 0 Å². The molecular weight excluding hydrogens is 753 g/mol. The van der Waals surface area contributed by atoms with Gasteiger partial charge in [-0.15, -0.1) is 11.6 Å². The summed E-state index contributed by atoms with van der Waals surface area (Å²) in [6, 6.07) is 0. The molecule has 4 atom stereocenters. The molecule has 0 bridgehead atoms. The summed E-state index contributed by atoms with van der Waals surface area (Å²) in [6.45, 7) is 11.2. The molecule has 16 nitrogen and oxygen atoms in total. The van der Waals surface area contributed by atoms with Gasteiger partial charge in [0, 0.05) is 13.0 Å². The molecule has 0 saturated heterocycles. The summed E-state index contributed by atoms with van der Waals surface area (Å²) >= 11 is 6.48. The summed E-state index contributed by atoms with van der Waals surface area (Å²) in [6.07, 6.45) is -0.00157. The quantitative estimate of drug-likeness (QED) is 0.0301. The Kier molecular flexibility index (Phi) is 20.9. The molecule has 0 aromatic rings. The lowest BCUT2D eigenvalue weighted by atomic mass is 9.66. The van der Waals surface area contributed by atoms with E-state index in [2.05, 4.69) is 0 Å². The Morgan fingerprint density at radius 2 is 1.17 bits per heavy atom. The second-order valence-corrected chi connectivity index (χ2v) is 19.4. The minimum Gasteiger partial charge on any atom is -0.469 e. The van der Waals surface area contributed by atoms with Crippen molar-refractivity contribution in [2.24, 2.45) is 21.7 Å². The first-order valence-electron chi connectivity index (χ1n) is 17.9. The summed E-state index contributed by atoms with van der Waals surface area (Å²) < 4.78 is 49.8. The minimum atomic E-state index is -3.86. The van der Waals surface area contributed by atoms with Crippen molar-refractivity contribution < 1.29 is 76.0 Å². The third-order valence-corrected chi connectivity index (χ3v) is 10.2. The number of aliphatic hydroxyl groups is 1. The molecule has 4 unspecified atom stereocenters. The highest BCUT2D eigenvalue weighted by Gasteiger charge is 2.51. The molecule has 54 heavy (non-hydrogen) atoms. The molecule has 0 aliphatic rings. The molecule has 0 radical (unpaired) electrons. The molecule has 0 spiro atoms. The van der Waals surface area contributed by atoms with Crippen LogP contribution in [-0.4, -0.2) is 143 Å². The normalized spacial score (nSPS) is 16.8. The van der Waals surface area contributed by atoms with Gasteiger partial charge in [-0.1, -0.05) is 0 Å². The number of methoxy groups -OCH3 is 1. The fraction of sp³-hybridized carbons (Fsp3) is 0.861. The van der Waals surface area contributed by atoms with Gasteiger partial charge in [-0.2, -0.15) is 0 Å². The Hall–Kier alpha value is -2.33. The van der Waals surface area contributed by atoms with Gasteiger partial charge < -0.3 is 47.4 Å². The van der Waals surface area contributed by atoms with Gasteiger partial charge >= 0.3 is 37.4 Å². The van der Waals surface area contributed by atoms with Crippen LogP contribution in [0.3, 0.4) is 0 Å². The van der Waals surface area contributed by atoms with Crippen LogP contribution in [0.4, 0.5) is 0 Å². The predicted molar refractivity (Wildman–Crippen MR) is 199 cm³/mol. The van der Waals surface area contributed by atoms with Gasteiger partial charge in [0.1, 0.15) is 31.3 Å². The van der Waals surface area contributed by atoms with E-state index in [-0.39, 0.29) is 71.7 Å². The number of carbonyl (C=O) groups excluding carboxylic acids is 5. The number of rotatable bonds is 27. The fourth-order valence-corrected chi connectivity index (χ4v) is 7.52. The summed E-state index contributed by atoms with van der Waals surface area (Å²) in [5, 5.41) is 9.24. The molecule has 0 heterocycles. The standard InChI is InChI=1S/C36H65ClNO15P/c1-13-48-26-35(7,25-34(6,29(42)49-17-16-39)23-32(2,3)27(40)47-12)30(43)51-19-18-50-28(41)33(4,5)24-36(8,37)31(44)52-20-21-53-54(45,46)22-14-15-38(9,10)11/h39H,13-26H2,1-12H3/p+1. The molecule has 0 amide bonds. The topological polar surface area (TPSA) is 207 Å². The van der Waals surface area contributed by atoms with Crippen molar-refractivity contribution in [3.63, 3.8) is 0 Å². The maximum absolute atomic E-state index is 13.6. The zero-order chi connectivity index (χ0) is 42.2. The molecule has 0 aromatic heterocycles. The van der Waals surface area contributed by atoms with Crippen LogP contribution in [0.15, 0.2) is 0 Å². The Labute approximate surface area is 325 Å². The van der Waals surface area contributed by atoms with E-state index in [0.717, 1.165) is 0 Å². The summed E-state index contributed by atoms with van der Waals surface area (Å²) in [5.74, 6) is -3.67. The lowest BCUT2D eigenvalue weighted by Gasteiger charge is -2.39. The van der Waals surface area contributed by atoms with E-state index < -0.39 is 70.6 Å². The zero-order valence-electron chi connectivity index (χ0n) is 34.4. The molecular formula is C36H66ClNO15P+. The van der Waals surface area contributed by atoms with Crippen LogP contribution in [-0.2, 0) is 61.5 Å². The minimum absolute atomic E-state index is 0.0370. The third kappa shape index (κ3) is 18.5. The lowest BCUT2D eigenvalue weighted by molar-refractivity contribution is -0.870. The molecule has 0 aliphatic heterocycles. The average Bonchev–Trinajstić information content (AvgIpc) is 3.04. The summed E-state index contributed by atoms with van der Waals surface area (Å²) in [7, 11) is 3.26. The number of carbonyl (C=O) groups is 5. The van der Waals surface area contributed by atoms with Gasteiger partial charge in [0.2, 0.25) is 0 Å². The second kappa shape index (κ2) is 21.8. The van der Waals surface area contributed by atoms with Crippen molar-refractivity contribution in [1.29, 1.82) is 0 Å². The van der Waals surface area contributed by atoms with Crippen LogP contribution in [0.2, 0.25) is 0 Å². The second-order valence-electron chi connectivity index (χ2n) is 16.6. The number of quaternary nitrogens is 1. The van der Waals surface area contributed by atoms with Crippen molar-refractivity contribution in [3.05, 3.63) is 0 Å². The highest BCUT2D eigenvalue weighted by Crippen LogP contribution is 2.45. The first-order valence-corrected chi connectivity index (χ1v) is 20.1. The maximum atomic E-state index is 13.6. The molecule has 0 saturated carbocycles. The molecule has 0 aliphatic carbocycles. The fourth-order valence-electron chi connectivity index (χ4n) is 6.10. The number of hydrogen-bond acceptors (Lipinski definition) is 14. The van der Waals surface area contributed by atoms with Crippen molar-refractivity contribution >= 4 is 49.0 Å². The first kappa shape index (κ1) is 51.7.